The third-order valence-electron chi connectivity index (χ3n) is 5.64. The average Bonchev–Trinajstić information content (AvgIpc) is 2.91. The minimum atomic E-state index is -0.454. The van der Waals surface area contributed by atoms with E-state index in [4.69, 9.17) is 4.74 Å². The molecule has 2 aromatic carbocycles. The number of ether oxygens (including phenoxy) is 1. The third-order valence-corrected chi connectivity index (χ3v) is 5.64. The van der Waals surface area contributed by atoms with Crippen LogP contribution in [0.25, 0.3) is 17.2 Å². The van der Waals surface area contributed by atoms with Crippen molar-refractivity contribution >= 4 is 29.2 Å². The Morgan fingerprint density at radius 2 is 1.72 bits per heavy atom. The Kier molecular flexibility index (Phi) is 7.00. The van der Waals surface area contributed by atoms with E-state index < -0.39 is 5.82 Å². The van der Waals surface area contributed by atoms with Crippen molar-refractivity contribution in [1.82, 2.24) is 15.0 Å². The number of aromatic nitrogens is 3. The lowest BCUT2D eigenvalue weighted by Gasteiger charge is -2.27. The molecule has 1 aliphatic rings. The number of benzene rings is 2. The van der Waals surface area contributed by atoms with Gasteiger partial charge in [-0.05, 0) is 53.6 Å². The van der Waals surface area contributed by atoms with Crippen LogP contribution in [-0.2, 0) is 4.74 Å². The van der Waals surface area contributed by atoms with Crippen LogP contribution < -0.4 is 15.5 Å². The van der Waals surface area contributed by atoms with Gasteiger partial charge in [0.1, 0.15) is 5.75 Å². The second kappa shape index (κ2) is 10.8. The Morgan fingerprint density at radius 3 is 2.47 bits per heavy atom. The van der Waals surface area contributed by atoms with Gasteiger partial charge in [-0.3, -0.25) is 4.98 Å². The molecule has 1 fully saturated rings. The molecule has 5 rings (SSSR count). The van der Waals surface area contributed by atoms with Gasteiger partial charge in [-0.2, -0.15) is 4.98 Å². The number of nitrogens with one attached hydrogen (secondary N) is 2. The Hall–Kier alpha value is -4.50. The minimum Gasteiger partial charge on any atom is -0.508 e. The van der Waals surface area contributed by atoms with Gasteiger partial charge in [0, 0.05) is 25.0 Å². The van der Waals surface area contributed by atoms with Crippen LogP contribution in [0, 0.1) is 5.82 Å². The highest BCUT2D eigenvalue weighted by Gasteiger charge is 2.17. The van der Waals surface area contributed by atoms with E-state index >= 15 is 0 Å². The molecule has 0 aliphatic carbocycles. The number of nitrogens with zero attached hydrogens (tertiary/aromatic N) is 4. The molecule has 2 aromatic heterocycles. The van der Waals surface area contributed by atoms with E-state index in [1.54, 1.807) is 30.6 Å². The normalized spacial score (nSPS) is 13.6. The number of phenols is 1. The monoisotopic (exact) mass is 484 g/mol. The molecule has 36 heavy (non-hydrogen) atoms. The summed E-state index contributed by atoms with van der Waals surface area (Å²) in [5.41, 5.74) is 4.49. The quantitative estimate of drug-likeness (QED) is 0.336. The van der Waals surface area contributed by atoms with E-state index in [0.29, 0.717) is 32.3 Å². The molecule has 0 saturated carbocycles. The number of anilines is 4. The molecule has 0 unspecified atom stereocenters. The van der Waals surface area contributed by atoms with Crippen LogP contribution >= 0.6 is 0 Å². The highest BCUT2D eigenvalue weighted by atomic mass is 19.1. The molecule has 0 spiro atoms. The van der Waals surface area contributed by atoms with E-state index in [1.165, 1.54) is 6.20 Å². The van der Waals surface area contributed by atoms with Gasteiger partial charge >= 0.3 is 0 Å². The van der Waals surface area contributed by atoms with E-state index in [-0.39, 0.29) is 11.6 Å². The Balaban J connectivity index is 1.18. The largest absolute Gasteiger partial charge is 0.508 e. The standard InChI is InChI=1S/C27H25FN6O2/c28-25-18-31-27(33-26(25)34-12-14-36-15-13-34)29-11-10-21-8-9-23(17-30-21)32-22-6-4-19(5-7-22)20-2-1-3-24(35)16-20/h1-11,16-18,32,35H,12-15H2,(H,29,31,33)/b11-10+. The molecular formula is C27H25FN6O2. The molecule has 9 heteroatoms. The fraction of sp³-hybridized carbons (Fsp3) is 0.148. The molecule has 0 amide bonds. The first-order valence-corrected chi connectivity index (χ1v) is 11.5. The van der Waals surface area contributed by atoms with Crippen molar-refractivity contribution in [2.24, 2.45) is 0 Å². The predicted octanol–water partition coefficient (Wildman–Crippen LogP) is 5.05. The zero-order valence-corrected chi connectivity index (χ0v) is 19.4. The Morgan fingerprint density at radius 1 is 0.917 bits per heavy atom. The van der Waals surface area contributed by atoms with Gasteiger partial charge in [0.15, 0.2) is 11.6 Å². The summed E-state index contributed by atoms with van der Waals surface area (Å²) in [6.45, 7) is 2.28. The molecule has 0 atom stereocenters. The Labute approximate surface area is 208 Å². The van der Waals surface area contributed by atoms with Gasteiger partial charge in [0.25, 0.3) is 0 Å². The summed E-state index contributed by atoms with van der Waals surface area (Å²) < 4.78 is 19.5. The second-order valence-electron chi connectivity index (χ2n) is 8.17. The number of phenolic OH excluding ortho intramolecular Hbond substituents is 1. The average molecular weight is 485 g/mol. The van der Waals surface area contributed by atoms with E-state index in [9.17, 15) is 9.50 Å². The maximum Gasteiger partial charge on any atom is 0.228 e. The molecule has 0 bridgehead atoms. The van der Waals surface area contributed by atoms with Crippen LogP contribution in [0.15, 0.2) is 79.3 Å². The van der Waals surface area contributed by atoms with Crippen LogP contribution in [0.3, 0.4) is 0 Å². The smallest absolute Gasteiger partial charge is 0.228 e. The van der Waals surface area contributed by atoms with Crippen molar-refractivity contribution in [3.63, 3.8) is 0 Å². The lowest BCUT2D eigenvalue weighted by atomic mass is 10.1. The molecular weight excluding hydrogens is 459 g/mol. The highest BCUT2D eigenvalue weighted by molar-refractivity contribution is 5.69. The predicted molar refractivity (Wildman–Crippen MR) is 139 cm³/mol. The van der Waals surface area contributed by atoms with Gasteiger partial charge in [0.2, 0.25) is 5.95 Å². The van der Waals surface area contributed by atoms with Crippen molar-refractivity contribution in [3.8, 4) is 16.9 Å². The van der Waals surface area contributed by atoms with Crippen LogP contribution in [-0.4, -0.2) is 46.4 Å². The van der Waals surface area contributed by atoms with Crippen LogP contribution in [0.4, 0.5) is 27.5 Å². The number of halogens is 1. The zero-order chi connectivity index (χ0) is 24.7. The molecule has 1 saturated heterocycles. The zero-order valence-electron chi connectivity index (χ0n) is 19.4. The maximum absolute atomic E-state index is 14.2. The topological polar surface area (TPSA) is 95.4 Å². The van der Waals surface area contributed by atoms with Gasteiger partial charge in [-0.15, -0.1) is 0 Å². The van der Waals surface area contributed by atoms with Crippen molar-refractivity contribution < 1.29 is 14.2 Å². The molecule has 1 aliphatic heterocycles. The molecule has 8 nitrogen and oxygen atoms in total. The summed E-state index contributed by atoms with van der Waals surface area (Å²) in [5, 5.41) is 16.0. The number of rotatable bonds is 7. The molecule has 3 heterocycles. The van der Waals surface area contributed by atoms with E-state index in [1.807, 2.05) is 53.4 Å². The highest BCUT2D eigenvalue weighted by Crippen LogP contribution is 2.26. The lowest BCUT2D eigenvalue weighted by Crippen LogP contribution is -2.37. The molecule has 0 radical (unpaired) electrons. The van der Waals surface area contributed by atoms with Crippen LogP contribution in [0.1, 0.15) is 5.69 Å². The first kappa shape index (κ1) is 23.3. The second-order valence-corrected chi connectivity index (χ2v) is 8.17. The van der Waals surface area contributed by atoms with Gasteiger partial charge in [-0.25, -0.2) is 9.37 Å². The van der Waals surface area contributed by atoms with Crippen LogP contribution in [0.5, 0.6) is 5.75 Å². The lowest BCUT2D eigenvalue weighted by molar-refractivity contribution is 0.122. The van der Waals surface area contributed by atoms with Gasteiger partial charge < -0.3 is 25.4 Å². The number of hydrogen-bond donors (Lipinski definition) is 3. The number of pyridine rings is 1. The summed E-state index contributed by atoms with van der Waals surface area (Å²) in [5.74, 6) is 0.368. The minimum absolute atomic E-state index is 0.244. The number of aromatic hydroxyl groups is 1. The SMILES string of the molecule is Oc1cccc(-c2ccc(Nc3ccc(/C=C/Nc4ncc(F)c(N5CCOCC5)n4)nc3)cc2)c1. The summed E-state index contributed by atoms with van der Waals surface area (Å²) in [7, 11) is 0. The first-order chi connectivity index (χ1) is 17.6. The van der Waals surface area contributed by atoms with Crippen molar-refractivity contribution in [2.75, 3.05) is 41.8 Å². The van der Waals surface area contributed by atoms with Crippen molar-refractivity contribution in [2.45, 2.75) is 0 Å². The number of morpholine rings is 1. The van der Waals surface area contributed by atoms with Crippen molar-refractivity contribution in [1.29, 1.82) is 0 Å². The third kappa shape index (κ3) is 5.76. The van der Waals surface area contributed by atoms with E-state index in [2.05, 4.69) is 25.6 Å². The summed E-state index contributed by atoms with van der Waals surface area (Å²) in [6, 6.07) is 18.9. The van der Waals surface area contributed by atoms with Crippen molar-refractivity contribution in [3.05, 3.63) is 90.8 Å². The fourth-order valence-corrected chi connectivity index (χ4v) is 3.80. The maximum atomic E-state index is 14.2. The Bertz CT molecular complexity index is 1340. The first-order valence-electron chi connectivity index (χ1n) is 11.5. The summed E-state index contributed by atoms with van der Waals surface area (Å²) in [6.07, 6.45) is 6.37. The van der Waals surface area contributed by atoms with E-state index in [0.717, 1.165) is 28.2 Å². The summed E-state index contributed by atoms with van der Waals surface area (Å²) >= 11 is 0. The van der Waals surface area contributed by atoms with Gasteiger partial charge in [0.05, 0.1) is 37.0 Å². The molecule has 3 N–H and O–H groups in total. The molecule has 4 aromatic rings. The summed E-state index contributed by atoms with van der Waals surface area (Å²) in [4.78, 5) is 14.6. The number of hydrogen-bond acceptors (Lipinski definition) is 8. The van der Waals surface area contributed by atoms with Gasteiger partial charge in [-0.1, -0.05) is 24.3 Å². The molecule has 182 valence electrons. The van der Waals surface area contributed by atoms with Crippen LogP contribution in [0.2, 0.25) is 0 Å². The fourth-order valence-electron chi connectivity index (χ4n) is 3.80.